The third-order valence-corrected chi connectivity index (χ3v) is 7.84. The van der Waals surface area contributed by atoms with Crippen molar-refractivity contribution in [2.24, 2.45) is 5.41 Å². The van der Waals surface area contributed by atoms with Crippen LogP contribution in [0.3, 0.4) is 0 Å². The number of fused-ring (bicyclic) bond motifs is 1. The highest BCUT2D eigenvalue weighted by Gasteiger charge is 2.40. The Morgan fingerprint density at radius 2 is 1.97 bits per heavy atom. The zero-order chi connectivity index (χ0) is 24.4. The molecule has 5 rings (SSSR count). The molecular weight excluding hydrogens is 442 g/mol. The number of carboxylic acid groups (broad SMARTS) is 1. The van der Waals surface area contributed by atoms with E-state index in [4.69, 9.17) is 9.72 Å². The third kappa shape index (κ3) is 4.77. The third-order valence-electron chi connectivity index (χ3n) is 7.84. The second-order valence-corrected chi connectivity index (χ2v) is 10.2. The topological polar surface area (TPSA) is 84.1 Å². The van der Waals surface area contributed by atoms with Gasteiger partial charge in [-0.2, -0.15) is 0 Å². The molecule has 2 fully saturated rings. The van der Waals surface area contributed by atoms with Crippen LogP contribution in [-0.2, 0) is 9.59 Å². The van der Waals surface area contributed by atoms with E-state index in [1.807, 2.05) is 41.6 Å². The zero-order valence-electron chi connectivity index (χ0n) is 20.3. The summed E-state index contributed by atoms with van der Waals surface area (Å²) in [6.07, 6.45) is 9.99. The molecule has 35 heavy (non-hydrogen) atoms. The molecule has 3 heterocycles. The van der Waals surface area contributed by atoms with Gasteiger partial charge < -0.3 is 19.1 Å². The van der Waals surface area contributed by atoms with Crippen LogP contribution in [0.2, 0.25) is 0 Å². The monoisotopic (exact) mass is 475 g/mol. The number of ether oxygens (including phenoxy) is 1. The molecule has 1 aliphatic carbocycles. The summed E-state index contributed by atoms with van der Waals surface area (Å²) in [6, 6.07) is 12.1. The van der Waals surface area contributed by atoms with Crippen LogP contribution in [0.4, 0.5) is 0 Å². The maximum atomic E-state index is 13.3. The Balaban J connectivity index is 1.37. The molecule has 0 bridgehead atoms. The van der Waals surface area contributed by atoms with Gasteiger partial charge in [-0.1, -0.05) is 31.0 Å². The lowest BCUT2D eigenvalue weighted by Gasteiger charge is -2.35. The van der Waals surface area contributed by atoms with Gasteiger partial charge in [0.15, 0.2) is 0 Å². The molecule has 1 aromatic carbocycles. The molecule has 7 heteroatoms. The van der Waals surface area contributed by atoms with Gasteiger partial charge in [0.25, 0.3) is 0 Å². The minimum absolute atomic E-state index is 0.0912. The number of benzene rings is 1. The molecule has 2 aromatic heterocycles. The molecule has 1 unspecified atom stereocenters. The van der Waals surface area contributed by atoms with Crippen LogP contribution < -0.4 is 4.74 Å². The summed E-state index contributed by atoms with van der Waals surface area (Å²) < 4.78 is 7.56. The number of piperidine rings is 1. The first-order valence-electron chi connectivity index (χ1n) is 12.6. The molecule has 184 valence electrons. The van der Waals surface area contributed by atoms with E-state index < -0.39 is 5.97 Å². The number of carboxylic acids is 1. The largest absolute Gasteiger partial charge is 0.497 e. The number of amides is 1. The maximum Gasteiger partial charge on any atom is 0.303 e. The van der Waals surface area contributed by atoms with Crippen molar-refractivity contribution in [2.75, 3.05) is 20.2 Å². The number of hydrogen-bond donors (Lipinski definition) is 1. The Bertz CT molecular complexity index is 1230. The van der Waals surface area contributed by atoms with Crippen LogP contribution >= 0.6 is 0 Å². The summed E-state index contributed by atoms with van der Waals surface area (Å²) in [6.45, 7) is 1.36. The van der Waals surface area contributed by atoms with Gasteiger partial charge in [0.05, 0.1) is 25.2 Å². The van der Waals surface area contributed by atoms with Crippen LogP contribution in [0.15, 0.2) is 48.8 Å². The quantitative estimate of drug-likeness (QED) is 0.511. The Morgan fingerprint density at radius 1 is 1.14 bits per heavy atom. The number of methoxy groups -OCH3 is 1. The number of imidazole rings is 1. The van der Waals surface area contributed by atoms with E-state index >= 15 is 0 Å². The van der Waals surface area contributed by atoms with Gasteiger partial charge in [0.2, 0.25) is 5.91 Å². The molecule has 1 aliphatic heterocycles. The molecular formula is C28H33N3O4. The molecule has 1 saturated heterocycles. The molecule has 1 N–H and O–H groups in total. The minimum Gasteiger partial charge on any atom is -0.497 e. The van der Waals surface area contributed by atoms with E-state index in [1.165, 1.54) is 0 Å². The molecule has 0 spiro atoms. The van der Waals surface area contributed by atoms with Crippen molar-refractivity contribution in [3.05, 3.63) is 54.6 Å². The maximum absolute atomic E-state index is 13.3. The normalized spacial score (nSPS) is 19.7. The standard InChI is InChI=1S/C28H33N3O4/c1-35-22-9-4-7-20(15-22)23-10-6-14-31-24(23)18-29-27(31)21-8-5-13-30(19-21)25(32)16-28(17-26(33)34)11-2-3-12-28/h4,6-7,9-10,14-15,18,21H,2-3,5,8,11-13,16-17,19H2,1H3,(H,33,34). The Kier molecular flexibility index (Phi) is 6.50. The number of carbonyl (C=O) groups is 2. The highest BCUT2D eigenvalue weighted by Crippen LogP contribution is 2.45. The summed E-state index contributed by atoms with van der Waals surface area (Å²) in [7, 11) is 1.67. The predicted molar refractivity (Wildman–Crippen MR) is 134 cm³/mol. The molecule has 1 amide bonds. The van der Waals surface area contributed by atoms with E-state index in [0.717, 1.165) is 73.3 Å². The lowest BCUT2D eigenvalue weighted by molar-refractivity contribution is -0.141. The molecule has 1 saturated carbocycles. The number of carbonyl (C=O) groups excluding carboxylic acids is 1. The van der Waals surface area contributed by atoms with Crippen molar-refractivity contribution < 1.29 is 19.4 Å². The number of rotatable bonds is 7. The van der Waals surface area contributed by atoms with Crippen LogP contribution in [0.25, 0.3) is 16.6 Å². The van der Waals surface area contributed by atoms with Gasteiger partial charge in [-0.25, -0.2) is 4.98 Å². The van der Waals surface area contributed by atoms with Crippen molar-refractivity contribution in [3.63, 3.8) is 0 Å². The molecule has 0 radical (unpaired) electrons. The van der Waals surface area contributed by atoms with E-state index in [-0.39, 0.29) is 23.7 Å². The average molecular weight is 476 g/mol. The summed E-state index contributed by atoms with van der Waals surface area (Å²) in [5, 5.41) is 9.42. The van der Waals surface area contributed by atoms with Crippen molar-refractivity contribution >= 4 is 17.4 Å². The first kappa shape index (κ1) is 23.4. The highest BCUT2D eigenvalue weighted by molar-refractivity contribution is 5.81. The van der Waals surface area contributed by atoms with Crippen LogP contribution in [0.1, 0.15) is 63.1 Å². The summed E-state index contributed by atoms with van der Waals surface area (Å²) >= 11 is 0. The van der Waals surface area contributed by atoms with Gasteiger partial charge in [-0.3, -0.25) is 9.59 Å². The number of pyridine rings is 1. The van der Waals surface area contributed by atoms with Crippen LogP contribution in [0, 0.1) is 5.41 Å². The van der Waals surface area contributed by atoms with Gasteiger partial charge >= 0.3 is 5.97 Å². The summed E-state index contributed by atoms with van der Waals surface area (Å²) in [4.78, 5) is 31.5. The number of hydrogen-bond acceptors (Lipinski definition) is 4. The van der Waals surface area contributed by atoms with Gasteiger partial charge in [0.1, 0.15) is 11.6 Å². The SMILES string of the molecule is COc1cccc(-c2cccn3c(C4CCCN(C(=O)CC5(CC(=O)O)CCCC5)C4)ncc23)c1. The van der Waals surface area contributed by atoms with Gasteiger partial charge in [-0.05, 0) is 54.9 Å². The molecule has 1 atom stereocenters. The van der Waals surface area contributed by atoms with E-state index in [2.05, 4.69) is 16.5 Å². The van der Waals surface area contributed by atoms with E-state index in [0.29, 0.717) is 13.0 Å². The van der Waals surface area contributed by atoms with Crippen molar-refractivity contribution in [2.45, 2.75) is 57.3 Å². The fourth-order valence-electron chi connectivity index (χ4n) is 6.09. The van der Waals surface area contributed by atoms with Gasteiger partial charge in [-0.15, -0.1) is 0 Å². The van der Waals surface area contributed by atoms with Crippen molar-refractivity contribution in [1.29, 1.82) is 0 Å². The zero-order valence-corrected chi connectivity index (χ0v) is 20.3. The summed E-state index contributed by atoms with van der Waals surface area (Å²) in [5.74, 6) is 1.23. The fraction of sp³-hybridized carbons (Fsp3) is 0.464. The highest BCUT2D eigenvalue weighted by atomic mass is 16.5. The number of aromatic nitrogens is 2. The number of aliphatic carboxylic acids is 1. The van der Waals surface area contributed by atoms with E-state index in [9.17, 15) is 14.7 Å². The summed E-state index contributed by atoms with van der Waals surface area (Å²) in [5.41, 5.74) is 2.82. The number of likely N-dealkylation sites (tertiary alicyclic amines) is 1. The molecule has 7 nitrogen and oxygen atoms in total. The van der Waals surface area contributed by atoms with Crippen molar-refractivity contribution in [3.8, 4) is 16.9 Å². The Hall–Kier alpha value is -3.35. The lowest BCUT2D eigenvalue weighted by Crippen LogP contribution is -2.42. The Labute approximate surface area is 205 Å². The van der Waals surface area contributed by atoms with Crippen molar-refractivity contribution in [1.82, 2.24) is 14.3 Å². The smallest absolute Gasteiger partial charge is 0.303 e. The first-order chi connectivity index (χ1) is 17.0. The van der Waals surface area contributed by atoms with E-state index in [1.54, 1.807) is 7.11 Å². The number of nitrogens with zero attached hydrogens (tertiary/aromatic N) is 3. The van der Waals surface area contributed by atoms with Crippen LogP contribution in [0.5, 0.6) is 5.75 Å². The second-order valence-electron chi connectivity index (χ2n) is 10.2. The fourth-order valence-corrected chi connectivity index (χ4v) is 6.09. The minimum atomic E-state index is -0.799. The first-order valence-corrected chi connectivity index (χ1v) is 12.6. The second kappa shape index (κ2) is 9.72. The van der Waals surface area contributed by atoms with Gasteiger partial charge in [0, 0.05) is 37.2 Å². The molecule has 2 aliphatic rings. The van der Waals surface area contributed by atoms with Crippen LogP contribution in [-0.4, -0.2) is 51.5 Å². The Morgan fingerprint density at radius 3 is 2.74 bits per heavy atom. The molecule has 3 aromatic rings. The predicted octanol–water partition coefficient (Wildman–Crippen LogP) is 5.14. The lowest BCUT2D eigenvalue weighted by atomic mass is 9.79. The average Bonchev–Trinajstić information content (AvgIpc) is 3.51.